The molecule has 0 spiro atoms. The molecule has 0 bridgehead atoms. The first-order chi connectivity index (χ1) is 12.4. The summed E-state index contributed by atoms with van der Waals surface area (Å²) in [7, 11) is 0. The Balaban J connectivity index is 1.75. The van der Waals surface area contributed by atoms with Crippen molar-refractivity contribution in [2.75, 3.05) is 16.8 Å². The van der Waals surface area contributed by atoms with Crippen molar-refractivity contribution >= 4 is 29.0 Å². The molecule has 1 heterocycles. The summed E-state index contributed by atoms with van der Waals surface area (Å²) in [5.41, 5.74) is 4.12. The lowest BCUT2D eigenvalue weighted by molar-refractivity contribution is -0.122. The molecule has 0 aliphatic carbocycles. The number of nitrogens with one attached hydrogen (secondary N) is 1. The van der Waals surface area contributed by atoms with E-state index in [-0.39, 0.29) is 24.0 Å². The average molecular weight is 350 g/mol. The maximum Gasteiger partial charge on any atom is 0.229 e. The molecule has 0 saturated carbocycles. The molecule has 0 radical (unpaired) electrons. The molecule has 1 unspecified atom stereocenters. The van der Waals surface area contributed by atoms with Gasteiger partial charge in [0.15, 0.2) is 5.78 Å². The Hall–Kier alpha value is -2.95. The summed E-state index contributed by atoms with van der Waals surface area (Å²) in [6, 6.07) is 12.7. The zero-order valence-corrected chi connectivity index (χ0v) is 15.2. The Morgan fingerprint density at radius 3 is 2.58 bits per heavy atom. The van der Waals surface area contributed by atoms with Crippen LogP contribution in [0.1, 0.15) is 34.8 Å². The van der Waals surface area contributed by atoms with Gasteiger partial charge in [-0.2, -0.15) is 0 Å². The molecule has 1 N–H and O–H groups in total. The van der Waals surface area contributed by atoms with Gasteiger partial charge in [-0.3, -0.25) is 14.4 Å². The third-order valence-corrected chi connectivity index (χ3v) is 4.92. The summed E-state index contributed by atoms with van der Waals surface area (Å²) in [4.78, 5) is 38.2. The third-order valence-electron chi connectivity index (χ3n) is 4.92. The molecule has 2 aromatic rings. The summed E-state index contributed by atoms with van der Waals surface area (Å²) < 4.78 is 0. The Labute approximate surface area is 153 Å². The van der Waals surface area contributed by atoms with E-state index < -0.39 is 5.92 Å². The second-order valence-electron chi connectivity index (χ2n) is 6.75. The molecule has 1 aliphatic rings. The van der Waals surface area contributed by atoms with Crippen molar-refractivity contribution in [2.24, 2.45) is 5.92 Å². The van der Waals surface area contributed by atoms with Gasteiger partial charge >= 0.3 is 0 Å². The molecule has 2 amide bonds. The maximum absolute atomic E-state index is 12.6. The van der Waals surface area contributed by atoms with Crippen LogP contribution in [-0.4, -0.2) is 24.1 Å². The van der Waals surface area contributed by atoms with Gasteiger partial charge in [0.2, 0.25) is 11.8 Å². The number of amides is 2. The van der Waals surface area contributed by atoms with E-state index in [1.165, 1.54) is 6.92 Å². The molecule has 3 rings (SSSR count). The molecule has 0 aromatic heterocycles. The van der Waals surface area contributed by atoms with E-state index in [2.05, 4.69) is 5.32 Å². The Morgan fingerprint density at radius 1 is 1.12 bits per heavy atom. The van der Waals surface area contributed by atoms with Gasteiger partial charge in [-0.1, -0.05) is 24.3 Å². The number of hydrogen-bond acceptors (Lipinski definition) is 3. The van der Waals surface area contributed by atoms with Gasteiger partial charge in [0.25, 0.3) is 0 Å². The molecule has 1 aliphatic heterocycles. The second-order valence-corrected chi connectivity index (χ2v) is 6.75. The summed E-state index contributed by atoms with van der Waals surface area (Å²) in [5.74, 6) is -0.727. The fourth-order valence-corrected chi connectivity index (χ4v) is 3.15. The van der Waals surface area contributed by atoms with Gasteiger partial charge in [-0.25, -0.2) is 0 Å². The van der Waals surface area contributed by atoms with Crippen LogP contribution in [0.4, 0.5) is 11.4 Å². The highest BCUT2D eigenvalue weighted by Gasteiger charge is 2.35. The van der Waals surface area contributed by atoms with Crippen LogP contribution in [0.15, 0.2) is 42.5 Å². The maximum atomic E-state index is 12.6. The SMILES string of the molecule is CC(=O)c1cccc(N2CC(C(=O)Nc3cccc(C)c3C)CC2=O)c1. The largest absolute Gasteiger partial charge is 0.326 e. The van der Waals surface area contributed by atoms with E-state index in [1.54, 1.807) is 29.2 Å². The number of hydrogen-bond donors (Lipinski definition) is 1. The Morgan fingerprint density at radius 2 is 1.85 bits per heavy atom. The molecule has 5 nitrogen and oxygen atoms in total. The highest BCUT2D eigenvalue weighted by Crippen LogP contribution is 2.27. The number of benzene rings is 2. The van der Waals surface area contributed by atoms with Crippen molar-refractivity contribution in [3.05, 3.63) is 59.2 Å². The fraction of sp³-hybridized carbons (Fsp3) is 0.286. The molecule has 5 heteroatoms. The van der Waals surface area contributed by atoms with E-state index in [1.807, 2.05) is 32.0 Å². The molecule has 1 saturated heterocycles. The average Bonchev–Trinajstić information content (AvgIpc) is 3.01. The smallest absolute Gasteiger partial charge is 0.229 e. The number of carbonyl (C=O) groups excluding carboxylic acids is 3. The van der Waals surface area contributed by atoms with Crippen molar-refractivity contribution in [3.8, 4) is 0 Å². The monoisotopic (exact) mass is 350 g/mol. The normalized spacial score (nSPS) is 16.7. The number of rotatable bonds is 4. The minimum atomic E-state index is -0.414. The molecule has 2 aromatic carbocycles. The minimum Gasteiger partial charge on any atom is -0.326 e. The minimum absolute atomic E-state index is 0.0530. The van der Waals surface area contributed by atoms with E-state index in [0.29, 0.717) is 17.8 Å². The van der Waals surface area contributed by atoms with Gasteiger partial charge in [-0.05, 0) is 50.1 Å². The van der Waals surface area contributed by atoms with Gasteiger partial charge in [0, 0.05) is 29.9 Å². The van der Waals surface area contributed by atoms with Crippen LogP contribution in [0, 0.1) is 19.8 Å². The van der Waals surface area contributed by atoms with E-state index in [9.17, 15) is 14.4 Å². The summed E-state index contributed by atoms with van der Waals surface area (Å²) in [5, 5.41) is 2.94. The number of carbonyl (C=O) groups is 3. The van der Waals surface area contributed by atoms with Crippen LogP contribution < -0.4 is 10.2 Å². The number of ketones is 1. The summed E-state index contributed by atoms with van der Waals surface area (Å²) in [6.45, 7) is 5.76. The predicted molar refractivity (Wildman–Crippen MR) is 101 cm³/mol. The fourth-order valence-electron chi connectivity index (χ4n) is 3.15. The Kier molecular flexibility index (Phi) is 4.89. The third kappa shape index (κ3) is 3.52. The van der Waals surface area contributed by atoms with Crippen LogP contribution in [0.2, 0.25) is 0 Å². The van der Waals surface area contributed by atoms with Gasteiger partial charge in [0.05, 0.1) is 5.92 Å². The molecule has 26 heavy (non-hydrogen) atoms. The Bertz CT molecular complexity index is 889. The first kappa shape index (κ1) is 17.9. The van der Waals surface area contributed by atoms with Gasteiger partial charge in [0.1, 0.15) is 0 Å². The van der Waals surface area contributed by atoms with E-state index in [0.717, 1.165) is 16.8 Å². The molecular weight excluding hydrogens is 328 g/mol. The number of Topliss-reactive ketones (excluding diaryl/α,β-unsaturated/α-hetero) is 1. The molecule has 1 atom stereocenters. The van der Waals surface area contributed by atoms with Crippen LogP contribution in [0.25, 0.3) is 0 Å². The molecule has 134 valence electrons. The first-order valence-corrected chi connectivity index (χ1v) is 8.65. The highest BCUT2D eigenvalue weighted by molar-refractivity contribution is 6.04. The second kappa shape index (κ2) is 7.12. The molecule has 1 fully saturated rings. The van der Waals surface area contributed by atoms with Crippen molar-refractivity contribution < 1.29 is 14.4 Å². The molecular formula is C21H22N2O3. The van der Waals surface area contributed by atoms with E-state index >= 15 is 0 Å². The van der Waals surface area contributed by atoms with Gasteiger partial charge < -0.3 is 10.2 Å². The zero-order chi connectivity index (χ0) is 18.8. The van der Waals surface area contributed by atoms with E-state index in [4.69, 9.17) is 0 Å². The topological polar surface area (TPSA) is 66.5 Å². The quantitative estimate of drug-likeness (QED) is 0.858. The lowest BCUT2D eigenvalue weighted by atomic mass is 10.1. The number of anilines is 2. The summed E-state index contributed by atoms with van der Waals surface area (Å²) >= 11 is 0. The number of nitrogens with zero attached hydrogens (tertiary/aromatic N) is 1. The van der Waals surface area contributed by atoms with Crippen molar-refractivity contribution in [3.63, 3.8) is 0 Å². The van der Waals surface area contributed by atoms with Crippen LogP contribution >= 0.6 is 0 Å². The van der Waals surface area contributed by atoms with Gasteiger partial charge in [-0.15, -0.1) is 0 Å². The number of aryl methyl sites for hydroxylation is 1. The van der Waals surface area contributed by atoms with Crippen molar-refractivity contribution in [2.45, 2.75) is 27.2 Å². The van der Waals surface area contributed by atoms with Crippen molar-refractivity contribution in [1.82, 2.24) is 0 Å². The van der Waals surface area contributed by atoms with Crippen LogP contribution in [0.3, 0.4) is 0 Å². The zero-order valence-electron chi connectivity index (χ0n) is 15.2. The predicted octanol–water partition coefficient (Wildman–Crippen LogP) is 3.50. The standard InChI is InChI=1S/C21H22N2O3/c1-13-6-4-9-19(14(13)2)22-21(26)17-11-20(25)23(12-17)18-8-5-7-16(10-18)15(3)24/h4-10,17H,11-12H2,1-3H3,(H,22,26). The van der Waals surface area contributed by atoms with Crippen LogP contribution in [-0.2, 0) is 9.59 Å². The lowest BCUT2D eigenvalue weighted by Gasteiger charge is -2.18. The van der Waals surface area contributed by atoms with Crippen molar-refractivity contribution in [1.29, 1.82) is 0 Å². The van der Waals surface area contributed by atoms with Crippen LogP contribution in [0.5, 0.6) is 0 Å². The lowest BCUT2D eigenvalue weighted by Crippen LogP contribution is -2.28. The summed E-state index contributed by atoms with van der Waals surface area (Å²) in [6.07, 6.45) is 0.168. The first-order valence-electron chi connectivity index (χ1n) is 8.65. The highest BCUT2D eigenvalue weighted by atomic mass is 16.2.